The van der Waals surface area contributed by atoms with Crippen LogP contribution in [-0.4, -0.2) is 92.6 Å². The Bertz CT molecular complexity index is 1570. The molecule has 6 aliphatic rings. The van der Waals surface area contributed by atoms with Gasteiger partial charge in [0, 0.05) is 80.6 Å². The molecule has 9 heteroatoms. The van der Waals surface area contributed by atoms with Gasteiger partial charge in [0.25, 0.3) is 5.91 Å². The van der Waals surface area contributed by atoms with E-state index in [-0.39, 0.29) is 11.8 Å². The van der Waals surface area contributed by atoms with Crippen molar-refractivity contribution in [2.24, 2.45) is 29.6 Å². The molecule has 1 amide bonds. The number of carbonyl (C=O) groups is 1. The second-order valence-electron chi connectivity index (χ2n) is 17.1. The SMILES string of the molecule is CCCc1ccccc1C1COc2ccc3cc2N(C1)CC1CCC1C(CN1CCN2CCOCC2C1)/C=C/CC(C)C(CC1CCC1)SONC3=O. The van der Waals surface area contributed by atoms with Crippen LogP contribution in [0, 0.1) is 29.6 Å². The number of hydroxylamine groups is 1. The number of hydrogen-bond acceptors (Lipinski definition) is 8. The highest BCUT2D eigenvalue weighted by Crippen LogP contribution is 2.45. The van der Waals surface area contributed by atoms with Crippen molar-refractivity contribution >= 4 is 23.6 Å². The molecule has 4 fully saturated rings. The zero-order valence-electron chi connectivity index (χ0n) is 32.1. The second-order valence-corrected chi connectivity index (χ2v) is 18.0. The summed E-state index contributed by atoms with van der Waals surface area (Å²) in [5.41, 5.74) is 7.29. The number of hydrogen-bond donors (Lipinski definition) is 1. The van der Waals surface area contributed by atoms with E-state index in [1.165, 1.54) is 55.3 Å². The second kappa shape index (κ2) is 17.5. The van der Waals surface area contributed by atoms with E-state index >= 15 is 0 Å². The summed E-state index contributed by atoms with van der Waals surface area (Å²) in [7, 11) is 0. The first kappa shape index (κ1) is 37.4. The van der Waals surface area contributed by atoms with Crippen molar-refractivity contribution in [2.45, 2.75) is 88.8 Å². The molecule has 288 valence electrons. The lowest BCUT2D eigenvalue weighted by atomic mass is 9.66. The minimum absolute atomic E-state index is 0.196. The number of ether oxygens (including phenoxy) is 2. The van der Waals surface area contributed by atoms with E-state index in [0.29, 0.717) is 47.1 Å². The van der Waals surface area contributed by atoms with E-state index in [9.17, 15) is 4.79 Å². The normalized spacial score (nSPS) is 32.5. The molecule has 0 aromatic heterocycles. The molecule has 8 rings (SSSR count). The quantitative estimate of drug-likeness (QED) is 0.229. The van der Waals surface area contributed by atoms with Crippen LogP contribution >= 0.6 is 12.0 Å². The Labute approximate surface area is 322 Å². The van der Waals surface area contributed by atoms with Crippen molar-refractivity contribution < 1.29 is 18.6 Å². The highest BCUT2D eigenvalue weighted by atomic mass is 32.2. The van der Waals surface area contributed by atoms with Crippen LogP contribution in [0.1, 0.15) is 92.6 Å². The van der Waals surface area contributed by atoms with Gasteiger partial charge in [-0.05, 0) is 91.0 Å². The first-order chi connectivity index (χ1) is 26.0. The zero-order valence-corrected chi connectivity index (χ0v) is 32.9. The topological polar surface area (TPSA) is 66.5 Å². The van der Waals surface area contributed by atoms with Gasteiger partial charge in [0.05, 0.1) is 25.5 Å². The maximum atomic E-state index is 13.6. The first-order valence-electron chi connectivity index (χ1n) is 21.0. The standard InChI is InChI=1S/C44H62N4O4S/c1-3-8-33-12-4-5-14-39(33)37-27-48-26-36-15-17-40(36)35(25-46-19-20-47-21-22-50-30-38(47)28-46)13-6-9-31(2)43(23-32-10-7-11-32)53-52-45-44(49)34-16-18-42(51-29-37)41(48)24-34/h4-6,12-14,16,18,24,31-32,35-38,40,43H,3,7-11,15,17,19-23,25-30H2,1-2H3,(H,45,49)/b13-6+. The summed E-state index contributed by atoms with van der Waals surface area (Å²) in [6.45, 7) is 14.4. The summed E-state index contributed by atoms with van der Waals surface area (Å²) >= 11 is 1.47. The maximum Gasteiger partial charge on any atom is 0.275 e. The molecule has 4 heterocycles. The number of amides is 1. The Balaban J connectivity index is 1.09. The van der Waals surface area contributed by atoms with E-state index in [1.807, 2.05) is 12.1 Å². The van der Waals surface area contributed by atoms with Gasteiger partial charge in [-0.25, -0.2) is 9.76 Å². The summed E-state index contributed by atoms with van der Waals surface area (Å²) in [5, 5.41) is 0.332. The number of aryl methyl sites for hydroxylation is 1. The van der Waals surface area contributed by atoms with Gasteiger partial charge >= 0.3 is 0 Å². The summed E-state index contributed by atoms with van der Waals surface area (Å²) in [6, 6.07) is 15.4. The summed E-state index contributed by atoms with van der Waals surface area (Å²) < 4.78 is 18.6. The Hall–Kier alpha value is -2.56. The lowest BCUT2D eigenvalue weighted by Gasteiger charge is -2.48. The number of carbonyl (C=O) groups excluding carboxylic acids is 1. The van der Waals surface area contributed by atoms with E-state index in [2.05, 4.69) is 76.5 Å². The number of fused-ring (bicyclic) bond motifs is 3. The van der Waals surface area contributed by atoms with Crippen LogP contribution < -0.4 is 15.1 Å². The summed E-state index contributed by atoms with van der Waals surface area (Å²) in [5.74, 6) is 3.87. The van der Waals surface area contributed by atoms with E-state index in [4.69, 9.17) is 13.8 Å². The van der Waals surface area contributed by atoms with Crippen molar-refractivity contribution in [1.29, 1.82) is 0 Å². The predicted molar refractivity (Wildman–Crippen MR) is 214 cm³/mol. The number of allylic oxidation sites excluding steroid dienone is 1. The van der Waals surface area contributed by atoms with Gasteiger partial charge in [-0.1, -0.05) is 75.9 Å². The van der Waals surface area contributed by atoms with Crippen molar-refractivity contribution in [3.05, 3.63) is 71.3 Å². The molecule has 2 saturated heterocycles. The highest BCUT2D eigenvalue weighted by molar-refractivity contribution is 7.95. The van der Waals surface area contributed by atoms with Gasteiger partial charge < -0.3 is 14.4 Å². The Morgan fingerprint density at radius 1 is 0.981 bits per heavy atom. The van der Waals surface area contributed by atoms with Crippen LogP contribution in [0.2, 0.25) is 0 Å². The fourth-order valence-electron chi connectivity index (χ4n) is 9.93. The Kier molecular flexibility index (Phi) is 12.3. The van der Waals surface area contributed by atoms with Crippen LogP contribution in [0.25, 0.3) is 0 Å². The third-order valence-corrected chi connectivity index (χ3v) is 14.6. The lowest BCUT2D eigenvalue weighted by Crippen LogP contribution is -2.59. The Morgan fingerprint density at radius 2 is 1.89 bits per heavy atom. The summed E-state index contributed by atoms with van der Waals surface area (Å²) in [4.78, 5) is 21.6. The van der Waals surface area contributed by atoms with Gasteiger partial charge in [-0.3, -0.25) is 14.6 Å². The molecule has 2 saturated carbocycles. The monoisotopic (exact) mass is 742 g/mol. The lowest BCUT2D eigenvalue weighted by molar-refractivity contribution is -0.0492. The average Bonchev–Trinajstić information content (AvgIpc) is 3.32. The molecule has 2 bridgehead atoms. The first-order valence-corrected chi connectivity index (χ1v) is 21.8. The van der Waals surface area contributed by atoms with Crippen molar-refractivity contribution in [1.82, 2.24) is 15.3 Å². The van der Waals surface area contributed by atoms with E-state index in [1.54, 1.807) is 0 Å². The molecule has 4 aliphatic heterocycles. The van der Waals surface area contributed by atoms with Crippen molar-refractivity contribution in [2.75, 3.05) is 70.5 Å². The fraction of sp³-hybridized carbons (Fsp3) is 0.659. The number of piperazine rings is 1. The van der Waals surface area contributed by atoms with Crippen LogP contribution in [-0.2, 0) is 15.4 Å². The Morgan fingerprint density at radius 3 is 2.72 bits per heavy atom. The molecule has 7 unspecified atom stereocenters. The number of benzene rings is 2. The van der Waals surface area contributed by atoms with Gasteiger partial charge in [0.1, 0.15) is 5.75 Å². The minimum atomic E-state index is -0.196. The van der Waals surface area contributed by atoms with Crippen LogP contribution in [0.5, 0.6) is 5.75 Å². The van der Waals surface area contributed by atoms with Crippen molar-refractivity contribution in [3.63, 3.8) is 0 Å². The molecule has 8 nitrogen and oxygen atoms in total. The van der Waals surface area contributed by atoms with Gasteiger partial charge in [-0.2, -0.15) is 0 Å². The number of anilines is 1. The predicted octanol–water partition coefficient (Wildman–Crippen LogP) is 7.74. The number of nitrogens with one attached hydrogen (secondary N) is 1. The smallest absolute Gasteiger partial charge is 0.275 e. The van der Waals surface area contributed by atoms with Crippen LogP contribution in [0.4, 0.5) is 5.69 Å². The molecule has 2 aromatic carbocycles. The number of morpholine rings is 1. The average molecular weight is 743 g/mol. The molecule has 53 heavy (non-hydrogen) atoms. The van der Waals surface area contributed by atoms with Gasteiger partial charge in [-0.15, -0.1) is 0 Å². The molecule has 0 spiro atoms. The maximum absolute atomic E-state index is 13.6. The summed E-state index contributed by atoms with van der Waals surface area (Å²) in [6.07, 6.45) is 16.0. The van der Waals surface area contributed by atoms with Crippen LogP contribution in [0.3, 0.4) is 0 Å². The molecule has 2 aliphatic carbocycles. The third-order valence-electron chi connectivity index (χ3n) is 13.6. The van der Waals surface area contributed by atoms with Gasteiger partial charge in [0.15, 0.2) is 0 Å². The number of rotatable bonds is 7. The minimum Gasteiger partial charge on any atom is -0.491 e. The fourth-order valence-corrected chi connectivity index (χ4v) is 10.8. The molecule has 1 N–H and O–H groups in total. The van der Waals surface area contributed by atoms with E-state index in [0.717, 1.165) is 102 Å². The molecule has 2 aromatic rings. The van der Waals surface area contributed by atoms with Gasteiger partial charge in [0.2, 0.25) is 0 Å². The van der Waals surface area contributed by atoms with Crippen molar-refractivity contribution in [3.8, 4) is 5.75 Å². The third kappa shape index (κ3) is 8.80. The van der Waals surface area contributed by atoms with Crippen LogP contribution in [0.15, 0.2) is 54.6 Å². The molecule has 7 atom stereocenters. The van der Waals surface area contributed by atoms with E-state index < -0.39 is 0 Å². The molecular weight excluding hydrogens is 681 g/mol. The number of nitrogens with zero attached hydrogens (tertiary/aromatic N) is 3. The molecular formula is C44H62N4O4S. The largest absolute Gasteiger partial charge is 0.491 e. The highest BCUT2D eigenvalue weighted by Gasteiger charge is 2.40. The zero-order chi connectivity index (χ0) is 36.1. The molecule has 0 radical (unpaired) electrons.